The quantitative estimate of drug-likeness (QED) is 0.456. The summed E-state index contributed by atoms with van der Waals surface area (Å²) in [5, 5.41) is 44.1. The van der Waals surface area contributed by atoms with Crippen LogP contribution in [0.5, 0.6) is 5.75 Å². The second-order valence-electron chi connectivity index (χ2n) is 10.9. The third kappa shape index (κ3) is 3.72. The van der Waals surface area contributed by atoms with E-state index in [1.165, 1.54) is 11.6 Å². The Morgan fingerprint density at radius 1 is 1.03 bits per heavy atom. The number of carbonyl (C=O) groups is 3. The molecule has 1 fully saturated rings. The molecule has 4 N–H and O–H groups in total. The van der Waals surface area contributed by atoms with Gasteiger partial charge in [-0.05, 0) is 66.3 Å². The van der Waals surface area contributed by atoms with E-state index >= 15 is 0 Å². The van der Waals surface area contributed by atoms with Gasteiger partial charge in [-0.1, -0.05) is 44.2 Å². The van der Waals surface area contributed by atoms with Gasteiger partial charge < -0.3 is 20.4 Å². The Kier molecular flexibility index (Phi) is 5.87. The van der Waals surface area contributed by atoms with Crippen molar-refractivity contribution in [1.82, 2.24) is 0 Å². The fourth-order valence-electron chi connectivity index (χ4n) is 6.29. The zero-order valence-corrected chi connectivity index (χ0v) is 21.0. The summed E-state index contributed by atoms with van der Waals surface area (Å²) in [6.45, 7) is 5.39. The molecule has 3 atom stereocenters. The third-order valence-corrected chi connectivity index (χ3v) is 7.96. The van der Waals surface area contributed by atoms with Crippen LogP contribution in [0.4, 0.5) is 0 Å². The molecule has 0 heterocycles. The summed E-state index contributed by atoms with van der Waals surface area (Å²) in [4.78, 5) is 38.2. The van der Waals surface area contributed by atoms with Crippen LogP contribution in [0.2, 0.25) is 0 Å². The fraction of sp³-hybridized carbons (Fsp3) is 0.367. The molecule has 3 aliphatic rings. The molecule has 0 saturated heterocycles. The Morgan fingerprint density at radius 3 is 2.32 bits per heavy atom. The molecule has 192 valence electrons. The zero-order valence-electron chi connectivity index (χ0n) is 21.0. The summed E-state index contributed by atoms with van der Waals surface area (Å²) in [5.74, 6) is -4.85. The van der Waals surface area contributed by atoms with E-state index in [4.69, 9.17) is 0 Å². The van der Waals surface area contributed by atoms with E-state index in [0.29, 0.717) is 17.9 Å². The first-order chi connectivity index (χ1) is 17.4. The van der Waals surface area contributed by atoms with Crippen molar-refractivity contribution in [3.8, 4) is 16.9 Å². The van der Waals surface area contributed by atoms with Gasteiger partial charge in [0.15, 0.2) is 17.2 Å². The van der Waals surface area contributed by atoms with E-state index in [2.05, 4.69) is 26.0 Å². The van der Waals surface area contributed by atoms with Crippen molar-refractivity contribution in [2.24, 2.45) is 17.8 Å². The predicted molar refractivity (Wildman–Crippen MR) is 137 cm³/mol. The van der Waals surface area contributed by atoms with Gasteiger partial charge in [-0.3, -0.25) is 14.4 Å². The lowest BCUT2D eigenvalue weighted by molar-refractivity contribution is -0.147. The number of ketones is 3. The number of carbonyl (C=O) groups excluding carboxylic acids is 3. The number of rotatable bonds is 4. The molecule has 0 amide bonds. The van der Waals surface area contributed by atoms with Gasteiger partial charge in [-0.25, -0.2) is 0 Å². The number of allylic oxidation sites excluding steroid dienone is 1. The standard InChI is InChI=1S/C30H30O7/c1-14(2)10-16-4-6-17(7-5-16)20-8-9-22(32)26-21(20)12-18-11-19-13-23(33)24(15(3)31)28(35)30(19,37)29(36)25(18)27(26)34/h4-9,14,18-19,32,34-35,37H,10-13H2,1-3H3/t18-,19+,30-/m1/s1. The molecular weight excluding hydrogens is 472 g/mol. The number of phenolic OH excluding ortho intramolecular Hbond substituents is 1. The number of hydrogen-bond donors (Lipinski definition) is 4. The minimum atomic E-state index is -2.48. The first kappa shape index (κ1) is 25.0. The molecular formula is C30H30O7. The summed E-state index contributed by atoms with van der Waals surface area (Å²) < 4.78 is 0. The molecule has 2 aromatic carbocycles. The van der Waals surface area contributed by atoms with Crippen LogP contribution in [0.1, 0.15) is 50.3 Å². The van der Waals surface area contributed by atoms with Crippen molar-refractivity contribution in [2.45, 2.75) is 52.1 Å². The Morgan fingerprint density at radius 2 is 1.70 bits per heavy atom. The molecule has 0 unspecified atom stereocenters. The summed E-state index contributed by atoms with van der Waals surface area (Å²) in [7, 11) is 0. The van der Waals surface area contributed by atoms with Crippen molar-refractivity contribution in [1.29, 1.82) is 0 Å². The Labute approximate surface area is 214 Å². The molecule has 7 heteroatoms. The molecule has 0 aliphatic heterocycles. The minimum Gasteiger partial charge on any atom is -0.508 e. The molecule has 5 rings (SSSR count). The van der Waals surface area contributed by atoms with Gasteiger partial charge in [0.25, 0.3) is 0 Å². The Hall–Kier alpha value is -3.71. The van der Waals surface area contributed by atoms with Crippen LogP contribution in [0.3, 0.4) is 0 Å². The van der Waals surface area contributed by atoms with Gasteiger partial charge in [0.2, 0.25) is 5.78 Å². The van der Waals surface area contributed by atoms with E-state index in [1.807, 2.05) is 12.1 Å². The van der Waals surface area contributed by atoms with E-state index < -0.39 is 51.9 Å². The van der Waals surface area contributed by atoms with Crippen molar-refractivity contribution in [2.75, 3.05) is 0 Å². The summed E-state index contributed by atoms with van der Waals surface area (Å²) in [5.41, 5.74) is 0.546. The van der Waals surface area contributed by atoms with Crippen LogP contribution in [-0.2, 0) is 27.2 Å². The van der Waals surface area contributed by atoms with Crippen molar-refractivity contribution in [3.05, 3.63) is 70.0 Å². The highest BCUT2D eigenvalue weighted by Gasteiger charge is 2.60. The highest BCUT2D eigenvalue weighted by molar-refractivity contribution is 6.23. The molecule has 3 aliphatic carbocycles. The maximum Gasteiger partial charge on any atom is 0.202 e. The van der Waals surface area contributed by atoms with Crippen LogP contribution in [0, 0.1) is 17.8 Å². The van der Waals surface area contributed by atoms with E-state index in [1.54, 1.807) is 6.07 Å². The van der Waals surface area contributed by atoms with E-state index in [9.17, 15) is 34.8 Å². The van der Waals surface area contributed by atoms with Gasteiger partial charge >= 0.3 is 0 Å². The van der Waals surface area contributed by atoms with Crippen molar-refractivity contribution in [3.63, 3.8) is 0 Å². The maximum absolute atomic E-state index is 13.6. The molecule has 7 nitrogen and oxygen atoms in total. The lowest BCUT2D eigenvalue weighted by Gasteiger charge is -2.46. The van der Waals surface area contributed by atoms with Gasteiger partial charge in [0.05, 0.1) is 5.56 Å². The van der Waals surface area contributed by atoms with E-state index in [-0.39, 0.29) is 29.7 Å². The monoisotopic (exact) mass is 502 g/mol. The Bertz CT molecular complexity index is 1410. The lowest BCUT2D eigenvalue weighted by atomic mass is 9.59. The van der Waals surface area contributed by atoms with Crippen molar-refractivity contribution < 1.29 is 34.8 Å². The normalized spacial score (nSPS) is 25.2. The number of Topliss-reactive ketones (excluding diaryl/α,β-unsaturated/α-hetero) is 3. The first-order valence-corrected chi connectivity index (χ1v) is 12.6. The smallest absolute Gasteiger partial charge is 0.202 e. The number of aromatic hydroxyl groups is 1. The summed E-state index contributed by atoms with van der Waals surface area (Å²) in [6, 6.07) is 11.3. The highest BCUT2D eigenvalue weighted by atomic mass is 16.3. The molecule has 0 aromatic heterocycles. The van der Waals surface area contributed by atoms with Crippen molar-refractivity contribution >= 4 is 23.1 Å². The number of aliphatic hydroxyl groups is 3. The average molecular weight is 503 g/mol. The van der Waals surface area contributed by atoms with Gasteiger partial charge in [-0.15, -0.1) is 0 Å². The van der Waals surface area contributed by atoms with Crippen LogP contribution in [-0.4, -0.2) is 43.4 Å². The van der Waals surface area contributed by atoms with Crippen LogP contribution in [0.15, 0.2) is 53.3 Å². The summed E-state index contributed by atoms with van der Waals surface area (Å²) in [6.07, 6.45) is 1.12. The van der Waals surface area contributed by atoms with Gasteiger partial charge in [0.1, 0.15) is 22.8 Å². The number of hydrogen-bond acceptors (Lipinski definition) is 7. The molecule has 37 heavy (non-hydrogen) atoms. The third-order valence-electron chi connectivity index (χ3n) is 7.96. The SMILES string of the molecule is CC(=O)C1=C(O)[C@@]2(O)C(=O)C3=C(O)c4c(O)ccc(-c5ccc(CC(C)C)cc5)c4C[C@H]3C[C@H]2CC1=O. The zero-order chi connectivity index (χ0) is 26.8. The number of phenols is 1. The maximum atomic E-state index is 13.6. The van der Waals surface area contributed by atoms with Gasteiger partial charge in [-0.2, -0.15) is 0 Å². The van der Waals surface area contributed by atoms with Crippen LogP contribution in [0.25, 0.3) is 16.9 Å². The second kappa shape index (κ2) is 8.70. The largest absolute Gasteiger partial charge is 0.508 e. The van der Waals surface area contributed by atoms with Crippen LogP contribution < -0.4 is 0 Å². The second-order valence-corrected chi connectivity index (χ2v) is 10.9. The highest BCUT2D eigenvalue weighted by Crippen LogP contribution is 2.53. The number of fused-ring (bicyclic) bond motifs is 3. The molecule has 2 aromatic rings. The number of aliphatic hydroxyl groups excluding tert-OH is 2. The lowest BCUT2D eigenvalue weighted by Crippen LogP contribution is -2.57. The molecule has 0 radical (unpaired) electrons. The summed E-state index contributed by atoms with van der Waals surface area (Å²) >= 11 is 0. The number of benzene rings is 2. The molecule has 0 spiro atoms. The molecule has 0 bridgehead atoms. The fourth-order valence-corrected chi connectivity index (χ4v) is 6.29. The van der Waals surface area contributed by atoms with E-state index in [0.717, 1.165) is 24.5 Å². The Balaban J connectivity index is 1.64. The predicted octanol–water partition coefficient (Wildman–Crippen LogP) is 4.39. The first-order valence-electron chi connectivity index (χ1n) is 12.6. The molecule has 1 saturated carbocycles. The van der Waals surface area contributed by atoms with Gasteiger partial charge in [0, 0.05) is 17.9 Å². The topological polar surface area (TPSA) is 132 Å². The minimum absolute atomic E-state index is 0.102. The average Bonchev–Trinajstić information content (AvgIpc) is 2.81. The van der Waals surface area contributed by atoms with Crippen LogP contribution >= 0.6 is 0 Å².